The van der Waals surface area contributed by atoms with Crippen molar-refractivity contribution in [2.24, 2.45) is 0 Å². The Labute approximate surface area is 403 Å². The number of para-hydroxylation sites is 2. The minimum atomic E-state index is -0.500. The molecule has 1 aliphatic carbocycles. The molecule has 0 atom stereocenters. The van der Waals surface area contributed by atoms with Gasteiger partial charge in [-0.3, -0.25) is 0 Å². The number of fused-ring (bicyclic) bond motifs is 6. The number of anilines is 3. The van der Waals surface area contributed by atoms with Crippen LogP contribution in [-0.4, -0.2) is 4.57 Å². The van der Waals surface area contributed by atoms with Gasteiger partial charge in [0.1, 0.15) is 0 Å². The second-order valence-electron chi connectivity index (χ2n) is 18.1. The van der Waals surface area contributed by atoms with Gasteiger partial charge >= 0.3 is 0 Å². The summed E-state index contributed by atoms with van der Waals surface area (Å²) in [5.41, 5.74) is 21.1. The maximum atomic E-state index is 2.45. The molecule has 0 amide bonds. The van der Waals surface area contributed by atoms with E-state index in [0.29, 0.717) is 0 Å². The highest BCUT2D eigenvalue weighted by molar-refractivity contribution is 6.10. The topological polar surface area (TPSA) is 8.17 Å². The second-order valence-corrected chi connectivity index (χ2v) is 18.1. The summed E-state index contributed by atoms with van der Waals surface area (Å²) in [7, 11) is 0. The molecular weight excluding hydrogens is 833 g/mol. The average molecular weight is 879 g/mol. The molecule has 12 aromatic rings. The van der Waals surface area contributed by atoms with E-state index < -0.39 is 5.41 Å². The summed E-state index contributed by atoms with van der Waals surface area (Å²) in [5, 5.41) is 2.48. The summed E-state index contributed by atoms with van der Waals surface area (Å²) in [6, 6.07) is 102. The lowest BCUT2D eigenvalue weighted by molar-refractivity contribution is 0.768. The van der Waals surface area contributed by atoms with Crippen molar-refractivity contribution in [1.29, 1.82) is 0 Å². The van der Waals surface area contributed by atoms with Crippen molar-refractivity contribution in [2.45, 2.75) is 5.41 Å². The molecule has 0 aliphatic heterocycles. The monoisotopic (exact) mass is 878 g/mol. The number of benzene rings is 11. The third-order valence-corrected chi connectivity index (χ3v) is 14.2. The molecule has 1 aliphatic rings. The van der Waals surface area contributed by atoms with Crippen molar-refractivity contribution in [2.75, 3.05) is 4.90 Å². The van der Waals surface area contributed by atoms with Gasteiger partial charge in [-0.25, -0.2) is 0 Å². The second kappa shape index (κ2) is 16.7. The van der Waals surface area contributed by atoms with Crippen molar-refractivity contribution in [3.63, 3.8) is 0 Å². The Morgan fingerprint density at radius 3 is 1.52 bits per heavy atom. The highest BCUT2D eigenvalue weighted by Gasteiger charge is 2.46. The minimum Gasteiger partial charge on any atom is -0.310 e. The van der Waals surface area contributed by atoms with Crippen LogP contribution < -0.4 is 4.90 Å². The van der Waals surface area contributed by atoms with Crippen LogP contribution in [0.5, 0.6) is 0 Å². The number of nitrogens with zero attached hydrogens (tertiary/aromatic N) is 2. The Balaban J connectivity index is 0.910. The lowest BCUT2D eigenvalue weighted by Gasteiger charge is -2.35. The zero-order valence-corrected chi connectivity index (χ0v) is 38.0. The van der Waals surface area contributed by atoms with E-state index in [1.807, 2.05) is 0 Å². The number of hydrogen-bond acceptors (Lipinski definition) is 1. The molecule has 2 nitrogen and oxygen atoms in total. The van der Waals surface area contributed by atoms with E-state index in [1.54, 1.807) is 0 Å². The fraction of sp³-hybridized carbons (Fsp3) is 0.0149. The van der Waals surface area contributed by atoms with Gasteiger partial charge in [0.25, 0.3) is 0 Å². The van der Waals surface area contributed by atoms with Crippen LogP contribution in [0.1, 0.15) is 22.3 Å². The fourth-order valence-corrected chi connectivity index (χ4v) is 11.2. The molecule has 0 spiro atoms. The molecule has 0 bridgehead atoms. The minimum absolute atomic E-state index is 0.500. The Bertz CT molecular complexity index is 3790. The smallest absolute Gasteiger partial charge is 0.0714 e. The van der Waals surface area contributed by atoms with E-state index in [1.165, 1.54) is 83.0 Å². The third kappa shape index (κ3) is 6.72. The molecule has 13 rings (SSSR count). The summed E-state index contributed by atoms with van der Waals surface area (Å²) >= 11 is 0. The zero-order chi connectivity index (χ0) is 45.7. The summed E-state index contributed by atoms with van der Waals surface area (Å²) in [6.07, 6.45) is 0. The van der Waals surface area contributed by atoms with Gasteiger partial charge in [-0.15, -0.1) is 0 Å². The van der Waals surface area contributed by atoms with Crippen LogP contribution in [0.15, 0.2) is 279 Å². The number of rotatable bonds is 9. The van der Waals surface area contributed by atoms with Crippen LogP contribution >= 0.6 is 0 Å². The summed E-state index contributed by atoms with van der Waals surface area (Å²) in [6.45, 7) is 0. The quantitative estimate of drug-likeness (QED) is 0.140. The molecule has 0 unspecified atom stereocenters. The van der Waals surface area contributed by atoms with Crippen LogP contribution in [0.3, 0.4) is 0 Å². The first-order valence-electron chi connectivity index (χ1n) is 23.8. The molecule has 324 valence electrons. The molecule has 0 radical (unpaired) electrons. The van der Waals surface area contributed by atoms with Gasteiger partial charge < -0.3 is 9.47 Å². The molecule has 0 N–H and O–H groups in total. The van der Waals surface area contributed by atoms with Crippen molar-refractivity contribution in [3.8, 4) is 50.2 Å². The van der Waals surface area contributed by atoms with Crippen LogP contribution in [0, 0.1) is 0 Å². The first-order chi connectivity index (χ1) is 34.2. The normalized spacial score (nSPS) is 12.5. The van der Waals surface area contributed by atoms with Gasteiger partial charge in [0.05, 0.1) is 16.4 Å². The average Bonchev–Trinajstić information content (AvgIpc) is 3.92. The van der Waals surface area contributed by atoms with Crippen LogP contribution in [0.4, 0.5) is 17.1 Å². The van der Waals surface area contributed by atoms with Crippen molar-refractivity contribution < 1.29 is 0 Å². The molecule has 69 heavy (non-hydrogen) atoms. The van der Waals surface area contributed by atoms with E-state index in [0.717, 1.165) is 28.3 Å². The lowest BCUT2D eigenvalue weighted by atomic mass is 9.67. The predicted molar refractivity (Wildman–Crippen MR) is 289 cm³/mol. The van der Waals surface area contributed by atoms with Gasteiger partial charge in [0.15, 0.2) is 0 Å². The highest BCUT2D eigenvalue weighted by Crippen LogP contribution is 2.57. The Morgan fingerprint density at radius 1 is 0.275 bits per heavy atom. The van der Waals surface area contributed by atoms with E-state index in [-0.39, 0.29) is 0 Å². The van der Waals surface area contributed by atoms with Gasteiger partial charge in [-0.1, -0.05) is 206 Å². The maximum Gasteiger partial charge on any atom is 0.0714 e. The van der Waals surface area contributed by atoms with Crippen LogP contribution in [-0.2, 0) is 5.41 Å². The third-order valence-electron chi connectivity index (χ3n) is 14.2. The number of aromatic nitrogens is 1. The molecule has 0 saturated heterocycles. The van der Waals surface area contributed by atoms with E-state index in [2.05, 4.69) is 289 Å². The number of hydrogen-bond donors (Lipinski definition) is 0. The van der Waals surface area contributed by atoms with Gasteiger partial charge in [0.2, 0.25) is 0 Å². The van der Waals surface area contributed by atoms with Crippen molar-refractivity contribution in [3.05, 3.63) is 301 Å². The predicted octanol–water partition coefficient (Wildman–Crippen LogP) is 17.6. The van der Waals surface area contributed by atoms with Crippen LogP contribution in [0.25, 0.3) is 72.0 Å². The maximum absolute atomic E-state index is 2.45. The molecule has 11 aromatic carbocycles. The molecule has 1 heterocycles. The van der Waals surface area contributed by atoms with Crippen molar-refractivity contribution >= 4 is 38.9 Å². The SMILES string of the molecule is c1ccc(-c2cccc(-n3c4ccccc4c4cc(-c5cccc(-c6cccc(N(c7ccccc7)c7ccc8c(c7)C(c7ccccc7)(c7ccccc7)c7ccccc7-8)c6)c5)ccc43)c2)cc1. The van der Waals surface area contributed by atoms with E-state index >= 15 is 0 Å². The van der Waals surface area contributed by atoms with E-state index in [9.17, 15) is 0 Å². The standard InChI is InChI=1S/C67H46N2/c1-5-20-47(21-6-1)50-24-18-33-57(43-50)69-65-37-16-14-35-61(65)62-45-52(38-41-66(62)69)49-23-17-22-48(42-49)51-25-19-32-56(44-51)68(55-30-11-4-12-31-55)58-39-40-60-59-34-13-15-36-63(59)67(64(60)46-58,53-26-7-2-8-27-53)54-28-9-3-10-29-54/h1-46H. The molecule has 0 saturated carbocycles. The highest BCUT2D eigenvalue weighted by atomic mass is 15.1. The molecule has 2 heteroatoms. The fourth-order valence-electron chi connectivity index (χ4n) is 11.2. The molecular formula is C67H46N2. The van der Waals surface area contributed by atoms with Gasteiger partial charge in [0, 0.05) is 33.5 Å². The molecule has 1 aromatic heterocycles. The lowest BCUT2D eigenvalue weighted by Crippen LogP contribution is -2.28. The van der Waals surface area contributed by atoms with Crippen LogP contribution in [0.2, 0.25) is 0 Å². The summed E-state index contributed by atoms with van der Waals surface area (Å²) in [5.74, 6) is 0. The zero-order valence-electron chi connectivity index (χ0n) is 38.0. The summed E-state index contributed by atoms with van der Waals surface area (Å²) in [4.78, 5) is 2.41. The first kappa shape index (κ1) is 40.3. The van der Waals surface area contributed by atoms with E-state index in [4.69, 9.17) is 0 Å². The van der Waals surface area contributed by atoms with Crippen molar-refractivity contribution in [1.82, 2.24) is 4.57 Å². The largest absolute Gasteiger partial charge is 0.310 e. The Morgan fingerprint density at radius 2 is 0.783 bits per heavy atom. The Kier molecular flexibility index (Phi) is 9.77. The summed E-state index contributed by atoms with van der Waals surface area (Å²) < 4.78 is 2.41. The van der Waals surface area contributed by atoms with Gasteiger partial charge in [-0.2, -0.15) is 0 Å². The Hall–Kier alpha value is -8.98. The first-order valence-corrected chi connectivity index (χ1v) is 23.8. The molecule has 0 fully saturated rings. The van der Waals surface area contributed by atoms with Gasteiger partial charge in [-0.05, 0) is 140 Å².